The van der Waals surface area contributed by atoms with Gasteiger partial charge in [-0.2, -0.15) is 0 Å². The van der Waals surface area contributed by atoms with Gasteiger partial charge in [0.15, 0.2) is 0 Å². The molecule has 0 aromatic heterocycles. The molecule has 0 aliphatic carbocycles. The van der Waals surface area contributed by atoms with Crippen LogP contribution in [0.15, 0.2) is 24.3 Å². The molecule has 0 radical (unpaired) electrons. The number of nitrogens with zero attached hydrogens (tertiary/aromatic N) is 2. The van der Waals surface area contributed by atoms with Crippen molar-refractivity contribution >= 4 is 17.4 Å². The van der Waals surface area contributed by atoms with Crippen molar-refractivity contribution < 1.29 is 19.6 Å². The fourth-order valence-electron chi connectivity index (χ4n) is 2.10. The van der Waals surface area contributed by atoms with E-state index in [4.69, 9.17) is 9.84 Å². The van der Waals surface area contributed by atoms with E-state index < -0.39 is 11.0 Å². The van der Waals surface area contributed by atoms with E-state index in [9.17, 15) is 14.9 Å². The van der Waals surface area contributed by atoms with Crippen LogP contribution in [-0.4, -0.2) is 52.9 Å². The number of nitro groups is 1. The molecule has 2 atom stereocenters. The van der Waals surface area contributed by atoms with Gasteiger partial charge in [0.2, 0.25) is 0 Å². The van der Waals surface area contributed by atoms with Crippen LogP contribution < -0.4 is 5.32 Å². The Morgan fingerprint density at radius 3 is 3.05 bits per heavy atom. The van der Waals surface area contributed by atoms with Gasteiger partial charge in [0.1, 0.15) is 0 Å². The van der Waals surface area contributed by atoms with Gasteiger partial charge in [-0.05, 0) is 13.0 Å². The van der Waals surface area contributed by atoms with Gasteiger partial charge < -0.3 is 20.1 Å². The van der Waals surface area contributed by atoms with E-state index in [2.05, 4.69) is 5.32 Å². The van der Waals surface area contributed by atoms with Crippen LogP contribution in [0.5, 0.6) is 0 Å². The number of carbonyl (C=O) groups is 1. The third kappa shape index (κ3) is 3.67. The first-order valence-electron chi connectivity index (χ1n) is 6.55. The molecule has 0 spiro atoms. The Kier molecular flexibility index (Phi) is 4.71. The molecule has 2 amide bonds. The number of rotatable bonds is 3. The van der Waals surface area contributed by atoms with E-state index in [0.29, 0.717) is 12.3 Å². The Bertz CT molecular complexity index is 536. The molecule has 0 bridgehead atoms. The maximum absolute atomic E-state index is 12.2. The SMILES string of the molecule is CC1COC(CO)CN1C(=O)Nc1cccc([N+](=O)[O-])c1. The Morgan fingerprint density at radius 1 is 1.62 bits per heavy atom. The standard InChI is InChI=1S/C13H17N3O5/c1-9-8-21-12(7-17)6-15(9)13(18)14-10-3-2-4-11(5-10)16(19)20/h2-5,9,12,17H,6-8H2,1H3,(H,14,18). The zero-order valence-electron chi connectivity index (χ0n) is 11.6. The van der Waals surface area contributed by atoms with E-state index in [-0.39, 0.29) is 30.9 Å². The summed E-state index contributed by atoms with van der Waals surface area (Å²) in [5.41, 5.74) is 0.268. The molecule has 1 aliphatic rings. The summed E-state index contributed by atoms with van der Waals surface area (Å²) in [6.45, 7) is 2.29. The number of non-ortho nitro benzene ring substituents is 1. The highest BCUT2D eigenvalue weighted by atomic mass is 16.6. The number of hydrogen-bond donors (Lipinski definition) is 2. The lowest BCUT2D eigenvalue weighted by molar-refractivity contribution is -0.384. The number of aliphatic hydroxyl groups excluding tert-OH is 1. The normalized spacial score (nSPS) is 21.9. The van der Waals surface area contributed by atoms with Gasteiger partial charge in [0, 0.05) is 17.8 Å². The molecule has 1 fully saturated rings. The highest BCUT2D eigenvalue weighted by Crippen LogP contribution is 2.19. The highest BCUT2D eigenvalue weighted by molar-refractivity contribution is 5.90. The van der Waals surface area contributed by atoms with E-state index in [1.165, 1.54) is 18.2 Å². The van der Waals surface area contributed by atoms with Gasteiger partial charge in [-0.25, -0.2) is 4.79 Å². The summed E-state index contributed by atoms with van der Waals surface area (Å²) in [7, 11) is 0. The average Bonchev–Trinajstić information content (AvgIpc) is 2.48. The third-order valence-electron chi connectivity index (χ3n) is 3.28. The summed E-state index contributed by atoms with van der Waals surface area (Å²) >= 11 is 0. The second kappa shape index (κ2) is 6.51. The Hall–Kier alpha value is -2.19. The monoisotopic (exact) mass is 295 g/mol. The molecule has 2 rings (SSSR count). The van der Waals surface area contributed by atoms with E-state index >= 15 is 0 Å². The zero-order valence-corrected chi connectivity index (χ0v) is 11.6. The van der Waals surface area contributed by atoms with Gasteiger partial charge >= 0.3 is 6.03 Å². The number of ether oxygens (including phenoxy) is 1. The van der Waals surface area contributed by atoms with Crippen molar-refractivity contribution in [3.8, 4) is 0 Å². The summed E-state index contributed by atoms with van der Waals surface area (Å²) < 4.78 is 5.36. The van der Waals surface area contributed by atoms with Gasteiger partial charge in [0.05, 0.1) is 36.8 Å². The number of urea groups is 1. The molecule has 8 nitrogen and oxygen atoms in total. The number of hydrogen-bond acceptors (Lipinski definition) is 5. The quantitative estimate of drug-likeness (QED) is 0.644. The Balaban J connectivity index is 2.06. The summed E-state index contributed by atoms with van der Waals surface area (Å²) in [6.07, 6.45) is -0.406. The van der Waals surface area contributed by atoms with Crippen molar-refractivity contribution in [1.82, 2.24) is 4.90 Å². The van der Waals surface area contributed by atoms with Crippen LogP contribution in [0.25, 0.3) is 0 Å². The van der Waals surface area contributed by atoms with Gasteiger partial charge in [-0.1, -0.05) is 6.07 Å². The molecule has 1 aliphatic heterocycles. The molecule has 1 saturated heterocycles. The number of nitrogens with one attached hydrogen (secondary N) is 1. The molecule has 2 unspecified atom stereocenters. The van der Waals surface area contributed by atoms with Crippen molar-refractivity contribution in [3.63, 3.8) is 0 Å². The Labute approximate surface area is 121 Å². The first-order chi connectivity index (χ1) is 10.0. The molecule has 1 heterocycles. The molecular formula is C13H17N3O5. The van der Waals surface area contributed by atoms with Crippen molar-refractivity contribution in [1.29, 1.82) is 0 Å². The molecule has 0 saturated carbocycles. The lowest BCUT2D eigenvalue weighted by atomic mass is 10.2. The molecular weight excluding hydrogens is 278 g/mol. The van der Waals surface area contributed by atoms with Gasteiger partial charge in [-0.3, -0.25) is 10.1 Å². The van der Waals surface area contributed by atoms with Crippen LogP contribution in [0.3, 0.4) is 0 Å². The van der Waals surface area contributed by atoms with E-state index in [1.807, 2.05) is 6.92 Å². The van der Waals surface area contributed by atoms with Crippen molar-refractivity contribution in [2.45, 2.75) is 19.1 Å². The largest absolute Gasteiger partial charge is 0.394 e. The van der Waals surface area contributed by atoms with E-state index in [0.717, 1.165) is 0 Å². The number of morpholine rings is 1. The lowest BCUT2D eigenvalue weighted by Gasteiger charge is -2.37. The number of aliphatic hydroxyl groups is 1. The van der Waals surface area contributed by atoms with Crippen LogP contribution in [0.4, 0.5) is 16.2 Å². The smallest absolute Gasteiger partial charge is 0.322 e. The number of carbonyl (C=O) groups excluding carboxylic acids is 1. The molecule has 8 heteroatoms. The topological polar surface area (TPSA) is 105 Å². The third-order valence-corrected chi connectivity index (χ3v) is 3.28. The summed E-state index contributed by atoms with van der Waals surface area (Å²) in [5.74, 6) is 0. The number of benzene rings is 1. The van der Waals surface area contributed by atoms with Crippen LogP contribution in [0, 0.1) is 10.1 Å². The van der Waals surface area contributed by atoms with Gasteiger partial charge in [0.25, 0.3) is 5.69 Å². The fraction of sp³-hybridized carbons (Fsp3) is 0.462. The van der Waals surface area contributed by atoms with Crippen LogP contribution in [-0.2, 0) is 4.74 Å². The second-order valence-corrected chi connectivity index (χ2v) is 4.88. The summed E-state index contributed by atoms with van der Waals surface area (Å²) in [5, 5.41) is 22.4. The molecule has 2 N–H and O–H groups in total. The maximum Gasteiger partial charge on any atom is 0.322 e. The number of amides is 2. The molecule has 21 heavy (non-hydrogen) atoms. The first kappa shape index (κ1) is 15.2. The highest BCUT2D eigenvalue weighted by Gasteiger charge is 2.29. The lowest BCUT2D eigenvalue weighted by Crippen LogP contribution is -2.53. The van der Waals surface area contributed by atoms with Crippen molar-refractivity contribution in [3.05, 3.63) is 34.4 Å². The van der Waals surface area contributed by atoms with Crippen LogP contribution in [0.2, 0.25) is 0 Å². The zero-order chi connectivity index (χ0) is 15.4. The molecule has 1 aromatic rings. The minimum atomic E-state index is -0.519. The van der Waals surface area contributed by atoms with Crippen LogP contribution >= 0.6 is 0 Å². The first-order valence-corrected chi connectivity index (χ1v) is 6.55. The predicted octanol–water partition coefficient (Wildman–Crippen LogP) is 1.21. The predicted molar refractivity (Wildman–Crippen MR) is 75.1 cm³/mol. The van der Waals surface area contributed by atoms with Gasteiger partial charge in [-0.15, -0.1) is 0 Å². The second-order valence-electron chi connectivity index (χ2n) is 4.88. The fourth-order valence-corrected chi connectivity index (χ4v) is 2.10. The number of anilines is 1. The average molecular weight is 295 g/mol. The molecule has 1 aromatic carbocycles. The van der Waals surface area contributed by atoms with Crippen molar-refractivity contribution in [2.75, 3.05) is 25.1 Å². The minimum Gasteiger partial charge on any atom is -0.394 e. The summed E-state index contributed by atoms with van der Waals surface area (Å²) in [6, 6.07) is 5.24. The maximum atomic E-state index is 12.2. The Morgan fingerprint density at radius 2 is 2.38 bits per heavy atom. The number of nitro benzene ring substituents is 1. The molecule has 114 valence electrons. The van der Waals surface area contributed by atoms with Crippen molar-refractivity contribution in [2.24, 2.45) is 0 Å². The minimum absolute atomic E-state index is 0.0870. The summed E-state index contributed by atoms with van der Waals surface area (Å²) in [4.78, 5) is 24.0. The van der Waals surface area contributed by atoms with E-state index in [1.54, 1.807) is 11.0 Å². The van der Waals surface area contributed by atoms with Crippen LogP contribution in [0.1, 0.15) is 6.92 Å².